The molecular formula is C12H24O4. The van der Waals surface area contributed by atoms with Gasteiger partial charge in [-0.05, 0) is 12.8 Å². The van der Waals surface area contributed by atoms with Gasteiger partial charge in [0.05, 0.1) is 13.0 Å². The molecule has 4 nitrogen and oxygen atoms in total. The Morgan fingerprint density at radius 1 is 1.25 bits per heavy atom. The van der Waals surface area contributed by atoms with Gasteiger partial charge in [-0.3, -0.25) is 9.59 Å². The standard InChI is InChI=1S/C7H14O2.C5H10O2/c1-3-4-5-6(2)7(8)9;1-3-4-5(6)7-2/h6H,3-5H2,1-2H3,(H,8,9);3-4H2,1-2H3. The minimum atomic E-state index is -0.677. The summed E-state index contributed by atoms with van der Waals surface area (Å²) in [7, 11) is 1.40. The molecule has 0 aromatic rings. The second kappa shape index (κ2) is 12.0. The highest BCUT2D eigenvalue weighted by Gasteiger charge is 2.08. The Balaban J connectivity index is 0. The van der Waals surface area contributed by atoms with Crippen LogP contribution < -0.4 is 0 Å². The van der Waals surface area contributed by atoms with Gasteiger partial charge in [-0.25, -0.2) is 0 Å². The summed E-state index contributed by atoms with van der Waals surface area (Å²) < 4.78 is 4.35. The molecule has 0 saturated heterocycles. The quantitative estimate of drug-likeness (QED) is 0.715. The van der Waals surface area contributed by atoms with Gasteiger partial charge >= 0.3 is 11.9 Å². The molecule has 1 N–H and O–H groups in total. The predicted octanol–water partition coefficient (Wildman–Crippen LogP) is 2.86. The molecule has 16 heavy (non-hydrogen) atoms. The molecule has 0 spiro atoms. The zero-order valence-electron chi connectivity index (χ0n) is 10.8. The Kier molecular flexibility index (Phi) is 13.0. The lowest BCUT2D eigenvalue weighted by Crippen LogP contribution is -2.08. The van der Waals surface area contributed by atoms with E-state index in [1.165, 1.54) is 7.11 Å². The van der Waals surface area contributed by atoms with Crippen LogP contribution in [0.2, 0.25) is 0 Å². The molecule has 0 aliphatic carbocycles. The van der Waals surface area contributed by atoms with Crippen molar-refractivity contribution in [1.29, 1.82) is 0 Å². The van der Waals surface area contributed by atoms with Crippen molar-refractivity contribution >= 4 is 11.9 Å². The third kappa shape index (κ3) is 12.9. The van der Waals surface area contributed by atoms with Gasteiger partial charge in [-0.1, -0.05) is 33.6 Å². The maximum atomic E-state index is 10.2. The summed E-state index contributed by atoms with van der Waals surface area (Å²) in [6, 6.07) is 0. The topological polar surface area (TPSA) is 63.6 Å². The lowest BCUT2D eigenvalue weighted by atomic mass is 10.1. The molecule has 0 aliphatic heterocycles. The Bertz CT molecular complexity index is 189. The first-order valence-corrected chi connectivity index (χ1v) is 5.79. The van der Waals surface area contributed by atoms with Crippen LogP contribution in [0.4, 0.5) is 0 Å². The van der Waals surface area contributed by atoms with Crippen LogP contribution in [-0.4, -0.2) is 24.2 Å². The number of aliphatic carboxylic acids is 1. The third-order valence-electron chi connectivity index (χ3n) is 2.09. The van der Waals surface area contributed by atoms with Crippen molar-refractivity contribution in [3.8, 4) is 0 Å². The average Bonchev–Trinajstić information content (AvgIpc) is 2.26. The van der Waals surface area contributed by atoms with Gasteiger partial charge in [0, 0.05) is 6.42 Å². The van der Waals surface area contributed by atoms with Gasteiger partial charge in [0.25, 0.3) is 0 Å². The summed E-state index contributed by atoms with van der Waals surface area (Å²) in [4.78, 5) is 20.4. The Hall–Kier alpha value is -1.06. The number of carbonyl (C=O) groups excluding carboxylic acids is 1. The summed E-state index contributed by atoms with van der Waals surface area (Å²) in [6.07, 6.45) is 4.32. The summed E-state index contributed by atoms with van der Waals surface area (Å²) in [5, 5.41) is 8.41. The van der Waals surface area contributed by atoms with Crippen LogP contribution in [0.3, 0.4) is 0 Å². The van der Waals surface area contributed by atoms with E-state index in [0.29, 0.717) is 6.42 Å². The Labute approximate surface area is 98.0 Å². The molecule has 0 fully saturated rings. The molecule has 0 rings (SSSR count). The van der Waals surface area contributed by atoms with Crippen molar-refractivity contribution < 1.29 is 19.4 Å². The van der Waals surface area contributed by atoms with Crippen LogP contribution >= 0.6 is 0 Å². The highest BCUT2D eigenvalue weighted by atomic mass is 16.5. The highest BCUT2D eigenvalue weighted by molar-refractivity contribution is 5.69. The minimum absolute atomic E-state index is 0.123. The fourth-order valence-corrected chi connectivity index (χ4v) is 0.940. The van der Waals surface area contributed by atoms with Gasteiger partial charge in [-0.15, -0.1) is 0 Å². The van der Waals surface area contributed by atoms with Crippen molar-refractivity contribution in [3.05, 3.63) is 0 Å². The minimum Gasteiger partial charge on any atom is -0.481 e. The number of hydrogen-bond donors (Lipinski definition) is 1. The number of ether oxygens (including phenoxy) is 1. The van der Waals surface area contributed by atoms with Crippen LogP contribution in [0.1, 0.15) is 52.9 Å². The monoisotopic (exact) mass is 232 g/mol. The number of carboxylic acid groups (broad SMARTS) is 1. The van der Waals surface area contributed by atoms with Crippen LogP contribution in [0.25, 0.3) is 0 Å². The van der Waals surface area contributed by atoms with Crippen molar-refractivity contribution in [2.45, 2.75) is 52.9 Å². The molecule has 4 heteroatoms. The lowest BCUT2D eigenvalue weighted by Gasteiger charge is -2.02. The van der Waals surface area contributed by atoms with Crippen LogP contribution in [0.15, 0.2) is 0 Å². The molecule has 1 unspecified atom stereocenters. The predicted molar refractivity (Wildman–Crippen MR) is 63.2 cm³/mol. The first kappa shape index (κ1) is 17.3. The molecule has 0 saturated carbocycles. The van der Waals surface area contributed by atoms with Crippen molar-refractivity contribution in [2.75, 3.05) is 7.11 Å². The number of carboxylic acids is 1. The average molecular weight is 232 g/mol. The molecule has 0 heterocycles. The third-order valence-corrected chi connectivity index (χ3v) is 2.09. The van der Waals surface area contributed by atoms with E-state index in [1.807, 2.05) is 6.92 Å². The molecule has 0 bridgehead atoms. The van der Waals surface area contributed by atoms with Crippen molar-refractivity contribution in [2.24, 2.45) is 5.92 Å². The summed E-state index contributed by atoms with van der Waals surface area (Å²) in [6.45, 7) is 5.75. The van der Waals surface area contributed by atoms with E-state index in [-0.39, 0.29) is 11.9 Å². The largest absolute Gasteiger partial charge is 0.481 e. The lowest BCUT2D eigenvalue weighted by molar-refractivity contribution is -0.142. The van der Waals surface area contributed by atoms with E-state index in [0.717, 1.165) is 25.7 Å². The van der Waals surface area contributed by atoms with Crippen LogP contribution in [0.5, 0.6) is 0 Å². The summed E-state index contributed by atoms with van der Waals surface area (Å²) >= 11 is 0. The van der Waals surface area contributed by atoms with Crippen LogP contribution in [-0.2, 0) is 14.3 Å². The first-order chi connectivity index (χ1) is 7.49. The molecule has 0 aromatic carbocycles. The molecule has 1 atom stereocenters. The molecule has 0 amide bonds. The van der Waals surface area contributed by atoms with Gasteiger partial charge in [0.15, 0.2) is 0 Å². The smallest absolute Gasteiger partial charge is 0.306 e. The van der Waals surface area contributed by atoms with E-state index >= 15 is 0 Å². The zero-order valence-corrected chi connectivity index (χ0v) is 10.8. The second-order valence-corrected chi connectivity index (χ2v) is 3.71. The van der Waals surface area contributed by atoms with Crippen LogP contribution in [0, 0.1) is 5.92 Å². The van der Waals surface area contributed by atoms with E-state index in [4.69, 9.17) is 5.11 Å². The zero-order chi connectivity index (χ0) is 13.0. The number of rotatable bonds is 6. The van der Waals surface area contributed by atoms with Gasteiger partial charge in [0.1, 0.15) is 0 Å². The van der Waals surface area contributed by atoms with Crippen molar-refractivity contribution in [1.82, 2.24) is 0 Å². The van der Waals surface area contributed by atoms with E-state index in [9.17, 15) is 9.59 Å². The van der Waals surface area contributed by atoms with Gasteiger partial charge < -0.3 is 9.84 Å². The number of esters is 1. The molecular weight excluding hydrogens is 208 g/mol. The second-order valence-electron chi connectivity index (χ2n) is 3.71. The van der Waals surface area contributed by atoms with E-state index < -0.39 is 5.97 Å². The number of carbonyl (C=O) groups is 2. The maximum absolute atomic E-state index is 10.2. The molecule has 0 aromatic heterocycles. The van der Waals surface area contributed by atoms with Gasteiger partial charge in [0.2, 0.25) is 0 Å². The van der Waals surface area contributed by atoms with Crippen molar-refractivity contribution in [3.63, 3.8) is 0 Å². The SMILES string of the molecule is CCCC(=O)OC.CCCCC(C)C(=O)O. The highest BCUT2D eigenvalue weighted by Crippen LogP contribution is 2.06. The van der Waals surface area contributed by atoms with E-state index in [1.54, 1.807) is 6.92 Å². The Morgan fingerprint density at radius 3 is 2.06 bits per heavy atom. The number of unbranched alkanes of at least 4 members (excludes halogenated alkanes) is 1. The number of hydrogen-bond acceptors (Lipinski definition) is 3. The van der Waals surface area contributed by atoms with Gasteiger partial charge in [-0.2, -0.15) is 0 Å². The summed E-state index contributed by atoms with van der Waals surface area (Å²) in [5.41, 5.74) is 0. The summed E-state index contributed by atoms with van der Waals surface area (Å²) in [5.74, 6) is -0.962. The fourth-order valence-electron chi connectivity index (χ4n) is 0.940. The molecule has 0 radical (unpaired) electrons. The Morgan fingerprint density at radius 2 is 1.81 bits per heavy atom. The first-order valence-electron chi connectivity index (χ1n) is 5.79. The fraction of sp³-hybridized carbons (Fsp3) is 0.833. The normalized spacial score (nSPS) is 11.0. The maximum Gasteiger partial charge on any atom is 0.306 e. The molecule has 96 valence electrons. The van der Waals surface area contributed by atoms with E-state index in [2.05, 4.69) is 11.7 Å². The molecule has 0 aliphatic rings. The number of methoxy groups -OCH3 is 1.